The second kappa shape index (κ2) is 7.87. The highest BCUT2D eigenvalue weighted by molar-refractivity contribution is 5.76. The lowest BCUT2D eigenvalue weighted by Crippen LogP contribution is -2.37. The summed E-state index contributed by atoms with van der Waals surface area (Å²) in [7, 11) is 0. The highest BCUT2D eigenvalue weighted by atomic mass is 16.3. The second-order valence-corrected chi connectivity index (χ2v) is 4.51. The molecule has 0 fully saturated rings. The topological polar surface area (TPSA) is 67.2 Å². The van der Waals surface area contributed by atoms with Crippen LogP contribution in [-0.2, 0) is 4.79 Å². The van der Waals surface area contributed by atoms with Crippen molar-refractivity contribution in [2.75, 3.05) is 6.61 Å². The van der Waals surface area contributed by atoms with Gasteiger partial charge < -0.3 is 15.0 Å². The van der Waals surface area contributed by atoms with Crippen molar-refractivity contribution in [2.24, 2.45) is 0 Å². The third kappa shape index (κ3) is 4.49. The van der Waals surface area contributed by atoms with Crippen molar-refractivity contribution in [3.05, 3.63) is 18.7 Å². The van der Waals surface area contributed by atoms with Crippen molar-refractivity contribution >= 4 is 5.91 Å². The van der Waals surface area contributed by atoms with Crippen LogP contribution < -0.4 is 5.32 Å². The summed E-state index contributed by atoms with van der Waals surface area (Å²) in [6.45, 7) is 4.04. The first-order valence-corrected chi connectivity index (χ1v) is 6.58. The van der Waals surface area contributed by atoms with Crippen LogP contribution in [0.25, 0.3) is 0 Å². The first-order valence-electron chi connectivity index (χ1n) is 6.58. The molecule has 0 spiro atoms. The quantitative estimate of drug-likeness (QED) is 0.738. The Morgan fingerprint density at radius 2 is 2.28 bits per heavy atom. The summed E-state index contributed by atoms with van der Waals surface area (Å²) in [4.78, 5) is 15.9. The van der Waals surface area contributed by atoms with E-state index in [1.807, 2.05) is 17.7 Å². The molecule has 0 radical (unpaired) electrons. The highest BCUT2D eigenvalue weighted by Gasteiger charge is 2.16. The fourth-order valence-electron chi connectivity index (χ4n) is 1.95. The third-order valence-electron chi connectivity index (χ3n) is 3.07. The first-order chi connectivity index (χ1) is 8.71. The monoisotopic (exact) mass is 253 g/mol. The molecule has 1 heterocycles. The van der Waals surface area contributed by atoms with Gasteiger partial charge in [-0.3, -0.25) is 4.79 Å². The Labute approximate surface area is 108 Å². The lowest BCUT2D eigenvalue weighted by atomic mass is 10.1. The summed E-state index contributed by atoms with van der Waals surface area (Å²) < 4.78 is 1.98. The average Bonchev–Trinajstić information content (AvgIpc) is 2.89. The van der Waals surface area contributed by atoms with Gasteiger partial charge in [0.25, 0.3) is 0 Å². The van der Waals surface area contributed by atoms with Gasteiger partial charge in [-0.1, -0.05) is 20.3 Å². The number of amides is 1. The van der Waals surface area contributed by atoms with Crippen molar-refractivity contribution in [3.8, 4) is 0 Å². The van der Waals surface area contributed by atoms with Crippen molar-refractivity contribution < 1.29 is 9.90 Å². The summed E-state index contributed by atoms with van der Waals surface area (Å²) >= 11 is 0. The molecule has 0 saturated carbocycles. The molecule has 1 rings (SSSR count). The Kier molecular flexibility index (Phi) is 6.43. The Hall–Kier alpha value is -1.36. The van der Waals surface area contributed by atoms with Crippen LogP contribution in [0.15, 0.2) is 18.7 Å². The zero-order valence-electron chi connectivity index (χ0n) is 11.2. The fraction of sp³-hybridized carbons (Fsp3) is 0.692. The number of aliphatic hydroxyl groups is 1. The smallest absolute Gasteiger partial charge is 0.222 e. The minimum atomic E-state index is -0.137. The molecule has 2 N–H and O–H groups in total. The largest absolute Gasteiger partial charge is 0.394 e. The summed E-state index contributed by atoms with van der Waals surface area (Å²) in [6.07, 6.45) is 8.50. The molecule has 102 valence electrons. The van der Waals surface area contributed by atoms with E-state index >= 15 is 0 Å². The maximum absolute atomic E-state index is 11.9. The molecule has 0 bridgehead atoms. The van der Waals surface area contributed by atoms with Gasteiger partial charge in [-0.2, -0.15) is 0 Å². The van der Waals surface area contributed by atoms with E-state index in [0.29, 0.717) is 6.42 Å². The van der Waals surface area contributed by atoms with Crippen LogP contribution in [0.1, 0.15) is 45.6 Å². The molecule has 0 aliphatic rings. The van der Waals surface area contributed by atoms with E-state index in [1.165, 1.54) is 0 Å². The zero-order valence-corrected chi connectivity index (χ0v) is 11.2. The molecule has 1 unspecified atom stereocenters. The van der Waals surface area contributed by atoms with Crippen LogP contribution in [0.5, 0.6) is 0 Å². The Balaban J connectivity index is 2.53. The van der Waals surface area contributed by atoms with Gasteiger partial charge in [0.15, 0.2) is 0 Å². The molecule has 5 heteroatoms. The van der Waals surface area contributed by atoms with Crippen LogP contribution in [0.4, 0.5) is 0 Å². The number of hydrogen-bond acceptors (Lipinski definition) is 3. The van der Waals surface area contributed by atoms with Crippen LogP contribution in [0, 0.1) is 0 Å². The first kappa shape index (κ1) is 14.7. The van der Waals surface area contributed by atoms with Gasteiger partial charge in [0.1, 0.15) is 0 Å². The summed E-state index contributed by atoms with van der Waals surface area (Å²) in [5.74, 6) is -0.0111. The number of aromatic nitrogens is 2. The minimum Gasteiger partial charge on any atom is -0.394 e. The molecule has 18 heavy (non-hydrogen) atoms. The molecule has 0 saturated heterocycles. The maximum atomic E-state index is 11.9. The summed E-state index contributed by atoms with van der Waals surface area (Å²) in [5, 5.41) is 11.9. The van der Waals surface area contributed by atoms with Crippen molar-refractivity contribution in [1.82, 2.24) is 14.9 Å². The lowest BCUT2D eigenvalue weighted by molar-refractivity contribution is -0.123. The lowest BCUT2D eigenvalue weighted by Gasteiger charge is -2.19. The third-order valence-corrected chi connectivity index (χ3v) is 3.07. The van der Waals surface area contributed by atoms with E-state index in [1.54, 1.807) is 12.5 Å². The number of aliphatic hydroxyl groups excluding tert-OH is 1. The Morgan fingerprint density at radius 1 is 1.50 bits per heavy atom. The van der Waals surface area contributed by atoms with Crippen LogP contribution in [0.2, 0.25) is 0 Å². The van der Waals surface area contributed by atoms with Crippen LogP contribution >= 0.6 is 0 Å². The van der Waals surface area contributed by atoms with Gasteiger partial charge in [0, 0.05) is 24.9 Å². The molecule has 1 aromatic heterocycles. The predicted molar refractivity (Wildman–Crippen MR) is 70.1 cm³/mol. The van der Waals surface area contributed by atoms with Crippen LogP contribution in [0.3, 0.4) is 0 Å². The second-order valence-electron chi connectivity index (χ2n) is 4.51. The van der Waals surface area contributed by atoms with E-state index in [0.717, 1.165) is 19.3 Å². The van der Waals surface area contributed by atoms with Crippen molar-refractivity contribution in [1.29, 1.82) is 0 Å². The minimum absolute atomic E-state index is 0.00817. The predicted octanol–water partition coefficient (Wildman–Crippen LogP) is 1.50. The van der Waals surface area contributed by atoms with Gasteiger partial charge in [0.2, 0.25) is 5.91 Å². The maximum Gasteiger partial charge on any atom is 0.222 e. The van der Waals surface area contributed by atoms with Crippen molar-refractivity contribution in [3.63, 3.8) is 0 Å². The van der Waals surface area contributed by atoms with Gasteiger partial charge >= 0.3 is 0 Å². The fourth-order valence-corrected chi connectivity index (χ4v) is 1.95. The van der Waals surface area contributed by atoms with Crippen molar-refractivity contribution in [2.45, 2.75) is 51.6 Å². The Morgan fingerprint density at radius 3 is 2.78 bits per heavy atom. The van der Waals surface area contributed by atoms with Gasteiger partial charge in [-0.25, -0.2) is 4.98 Å². The average molecular weight is 253 g/mol. The molecule has 0 aliphatic carbocycles. The molecule has 5 nitrogen and oxygen atoms in total. The van der Waals surface area contributed by atoms with E-state index in [2.05, 4.69) is 17.2 Å². The number of nitrogens with one attached hydrogen (secondary N) is 1. The molecular formula is C13H23N3O2. The number of carbonyl (C=O) groups excluding carboxylic acids is 1. The van der Waals surface area contributed by atoms with Crippen LogP contribution in [-0.4, -0.2) is 33.2 Å². The molecule has 2 atom stereocenters. The van der Waals surface area contributed by atoms with E-state index in [-0.39, 0.29) is 24.6 Å². The zero-order chi connectivity index (χ0) is 13.4. The number of rotatable bonds is 8. The van der Waals surface area contributed by atoms with E-state index < -0.39 is 0 Å². The normalized spacial score (nSPS) is 14.2. The molecule has 0 aromatic carbocycles. The summed E-state index contributed by atoms with van der Waals surface area (Å²) in [5.41, 5.74) is 0. The Bertz CT molecular complexity index is 334. The standard InChI is InChI=1S/C13H23N3O2/c1-3-5-12(16-7-6-14-10-16)8-13(18)15-11(4-2)9-17/h6-7,10-12,17H,3-5,8-9H2,1-2H3,(H,15,18)/t11-,12?/m1/s1. The van der Waals surface area contributed by atoms with E-state index in [4.69, 9.17) is 5.11 Å². The van der Waals surface area contributed by atoms with Gasteiger partial charge in [-0.15, -0.1) is 0 Å². The molecular weight excluding hydrogens is 230 g/mol. The molecule has 1 aromatic rings. The van der Waals surface area contributed by atoms with E-state index in [9.17, 15) is 4.79 Å². The SMILES string of the molecule is CCCC(CC(=O)N[C@H](CC)CO)n1ccnc1. The molecule has 0 aliphatic heterocycles. The highest BCUT2D eigenvalue weighted by Crippen LogP contribution is 2.17. The molecule has 1 amide bonds. The number of hydrogen-bond donors (Lipinski definition) is 2. The van der Waals surface area contributed by atoms with Gasteiger partial charge in [0.05, 0.1) is 19.0 Å². The summed E-state index contributed by atoms with van der Waals surface area (Å²) in [6, 6.07) is 0.0104. The number of carbonyl (C=O) groups is 1. The number of imidazole rings is 1. The van der Waals surface area contributed by atoms with Gasteiger partial charge in [-0.05, 0) is 12.8 Å². The number of nitrogens with zero attached hydrogens (tertiary/aromatic N) is 2.